The van der Waals surface area contributed by atoms with E-state index >= 15 is 0 Å². The molecular weight excluding hydrogens is 393 g/mol. The number of methoxy groups -OCH3 is 1. The number of ether oxygens (including phenoxy) is 2. The third kappa shape index (κ3) is 4.96. The van der Waals surface area contributed by atoms with Gasteiger partial charge in [0.05, 0.1) is 13.7 Å². The Morgan fingerprint density at radius 1 is 1.06 bits per heavy atom. The molecule has 0 spiro atoms. The molecule has 1 aliphatic heterocycles. The average Bonchev–Trinajstić information content (AvgIpc) is 2.81. The molecule has 1 heterocycles. The SMILES string of the molecule is COc1ccc(F)cc1C[C@@](O)(c1ccccc1)[C@@H]1CN(Cc2ccccc2)CCO1. The molecule has 0 aliphatic carbocycles. The third-order valence-corrected chi connectivity index (χ3v) is 5.91. The van der Waals surface area contributed by atoms with Gasteiger partial charge in [0, 0.05) is 31.6 Å². The predicted molar refractivity (Wildman–Crippen MR) is 118 cm³/mol. The molecule has 1 saturated heterocycles. The minimum Gasteiger partial charge on any atom is -0.496 e. The second-order valence-corrected chi connectivity index (χ2v) is 8.00. The van der Waals surface area contributed by atoms with Crippen LogP contribution in [-0.2, 0) is 23.3 Å². The van der Waals surface area contributed by atoms with Gasteiger partial charge in [0.15, 0.2) is 0 Å². The lowest BCUT2D eigenvalue weighted by Crippen LogP contribution is -2.53. The zero-order valence-electron chi connectivity index (χ0n) is 17.7. The topological polar surface area (TPSA) is 41.9 Å². The number of nitrogens with zero attached hydrogens (tertiary/aromatic N) is 1. The Bertz CT molecular complexity index is 982. The second-order valence-electron chi connectivity index (χ2n) is 8.00. The fourth-order valence-corrected chi connectivity index (χ4v) is 4.28. The molecule has 0 aromatic heterocycles. The Hall–Kier alpha value is -2.73. The van der Waals surface area contributed by atoms with Crippen molar-refractivity contribution >= 4 is 0 Å². The Morgan fingerprint density at radius 2 is 1.77 bits per heavy atom. The van der Waals surface area contributed by atoms with Crippen LogP contribution in [0.15, 0.2) is 78.9 Å². The molecule has 162 valence electrons. The summed E-state index contributed by atoms with van der Waals surface area (Å²) >= 11 is 0. The van der Waals surface area contributed by atoms with Crippen molar-refractivity contribution in [1.29, 1.82) is 0 Å². The van der Waals surface area contributed by atoms with Crippen molar-refractivity contribution in [3.63, 3.8) is 0 Å². The first-order valence-corrected chi connectivity index (χ1v) is 10.6. The number of hydrogen-bond donors (Lipinski definition) is 1. The molecule has 0 bridgehead atoms. The van der Waals surface area contributed by atoms with Crippen molar-refractivity contribution in [3.05, 3.63) is 101 Å². The van der Waals surface area contributed by atoms with E-state index in [2.05, 4.69) is 17.0 Å². The highest BCUT2D eigenvalue weighted by molar-refractivity contribution is 5.38. The maximum absolute atomic E-state index is 14.0. The van der Waals surface area contributed by atoms with Gasteiger partial charge in [-0.1, -0.05) is 60.7 Å². The van der Waals surface area contributed by atoms with E-state index in [1.165, 1.54) is 17.7 Å². The van der Waals surface area contributed by atoms with Crippen LogP contribution in [0, 0.1) is 5.82 Å². The summed E-state index contributed by atoms with van der Waals surface area (Å²) in [5, 5.41) is 12.0. The standard InChI is InChI=1S/C26H28FNO3/c1-30-24-13-12-23(27)16-21(24)17-26(29,22-10-6-3-7-11-22)25-19-28(14-15-31-25)18-20-8-4-2-5-9-20/h2-13,16,25,29H,14-15,17-19H2,1H3/t25-,26+/m0/s1. The van der Waals surface area contributed by atoms with Crippen LogP contribution < -0.4 is 4.74 Å². The van der Waals surface area contributed by atoms with Gasteiger partial charge in [0.1, 0.15) is 23.3 Å². The van der Waals surface area contributed by atoms with Gasteiger partial charge >= 0.3 is 0 Å². The van der Waals surface area contributed by atoms with Crippen LogP contribution in [0.2, 0.25) is 0 Å². The molecule has 5 heteroatoms. The lowest BCUT2D eigenvalue weighted by molar-refractivity contribution is -0.150. The lowest BCUT2D eigenvalue weighted by Gasteiger charge is -2.42. The number of morpholine rings is 1. The quantitative estimate of drug-likeness (QED) is 0.622. The van der Waals surface area contributed by atoms with Crippen LogP contribution in [-0.4, -0.2) is 42.9 Å². The van der Waals surface area contributed by atoms with Crippen LogP contribution in [0.25, 0.3) is 0 Å². The smallest absolute Gasteiger partial charge is 0.123 e. The Kier molecular flexibility index (Phi) is 6.66. The van der Waals surface area contributed by atoms with E-state index in [4.69, 9.17) is 9.47 Å². The molecule has 3 aromatic rings. The number of rotatable bonds is 7. The maximum atomic E-state index is 14.0. The normalized spacial score (nSPS) is 19.0. The van der Waals surface area contributed by atoms with Gasteiger partial charge < -0.3 is 14.6 Å². The molecule has 4 rings (SSSR count). The summed E-state index contributed by atoms with van der Waals surface area (Å²) in [6.45, 7) is 2.67. The van der Waals surface area contributed by atoms with E-state index in [0.29, 0.717) is 24.5 Å². The summed E-state index contributed by atoms with van der Waals surface area (Å²) in [6.07, 6.45) is -0.290. The summed E-state index contributed by atoms with van der Waals surface area (Å²) in [4.78, 5) is 2.29. The predicted octanol–water partition coefficient (Wildman–Crippen LogP) is 4.17. The molecule has 2 atom stereocenters. The van der Waals surface area contributed by atoms with Crippen molar-refractivity contribution in [2.45, 2.75) is 24.7 Å². The fourth-order valence-electron chi connectivity index (χ4n) is 4.28. The number of aliphatic hydroxyl groups is 1. The molecule has 1 aliphatic rings. The highest BCUT2D eigenvalue weighted by Crippen LogP contribution is 2.36. The van der Waals surface area contributed by atoms with Gasteiger partial charge in [-0.15, -0.1) is 0 Å². The van der Waals surface area contributed by atoms with Crippen molar-refractivity contribution < 1.29 is 19.0 Å². The van der Waals surface area contributed by atoms with Crippen LogP contribution in [0.3, 0.4) is 0 Å². The molecule has 0 unspecified atom stereocenters. The zero-order valence-corrected chi connectivity index (χ0v) is 17.7. The van der Waals surface area contributed by atoms with Gasteiger partial charge in [-0.3, -0.25) is 4.90 Å². The van der Waals surface area contributed by atoms with Gasteiger partial charge in [-0.05, 0) is 29.3 Å². The third-order valence-electron chi connectivity index (χ3n) is 5.91. The van der Waals surface area contributed by atoms with E-state index in [1.54, 1.807) is 13.2 Å². The first kappa shape index (κ1) is 21.5. The van der Waals surface area contributed by atoms with E-state index in [-0.39, 0.29) is 12.2 Å². The largest absolute Gasteiger partial charge is 0.496 e. The maximum Gasteiger partial charge on any atom is 0.123 e. The molecule has 0 amide bonds. The first-order chi connectivity index (χ1) is 15.1. The summed E-state index contributed by atoms with van der Waals surface area (Å²) < 4.78 is 25.6. The molecule has 0 radical (unpaired) electrons. The Morgan fingerprint density at radius 3 is 2.48 bits per heavy atom. The van der Waals surface area contributed by atoms with E-state index in [0.717, 1.165) is 18.7 Å². The first-order valence-electron chi connectivity index (χ1n) is 10.6. The van der Waals surface area contributed by atoms with Gasteiger partial charge in [-0.25, -0.2) is 4.39 Å². The molecule has 1 fully saturated rings. The van der Waals surface area contributed by atoms with Crippen LogP contribution >= 0.6 is 0 Å². The lowest BCUT2D eigenvalue weighted by atomic mass is 9.81. The minimum absolute atomic E-state index is 0.182. The number of hydrogen-bond acceptors (Lipinski definition) is 4. The average molecular weight is 422 g/mol. The molecule has 3 aromatic carbocycles. The second kappa shape index (κ2) is 9.60. The van der Waals surface area contributed by atoms with E-state index < -0.39 is 11.7 Å². The van der Waals surface area contributed by atoms with Crippen molar-refractivity contribution in [1.82, 2.24) is 4.90 Å². The molecule has 1 N–H and O–H groups in total. The summed E-state index contributed by atoms with van der Waals surface area (Å²) in [5.74, 6) is 0.189. The highest BCUT2D eigenvalue weighted by atomic mass is 19.1. The van der Waals surface area contributed by atoms with Crippen molar-refractivity contribution in [3.8, 4) is 5.75 Å². The monoisotopic (exact) mass is 421 g/mol. The van der Waals surface area contributed by atoms with Gasteiger partial charge in [0.2, 0.25) is 0 Å². The number of benzene rings is 3. The van der Waals surface area contributed by atoms with Crippen molar-refractivity contribution in [2.24, 2.45) is 0 Å². The van der Waals surface area contributed by atoms with Crippen molar-refractivity contribution in [2.75, 3.05) is 26.8 Å². The Balaban J connectivity index is 1.64. The van der Waals surface area contributed by atoms with Crippen LogP contribution in [0.1, 0.15) is 16.7 Å². The van der Waals surface area contributed by atoms with Gasteiger partial charge in [-0.2, -0.15) is 0 Å². The molecule has 31 heavy (non-hydrogen) atoms. The van der Waals surface area contributed by atoms with E-state index in [1.807, 2.05) is 48.5 Å². The fraction of sp³-hybridized carbons (Fsp3) is 0.308. The summed E-state index contributed by atoms with van der Waals surface area (Å²) in [5.41, 5.74) is 1.24. The molecular formula is C26H28FNO3. The molecule has 4 nitrogen and oxygen atoms in total. The zero-order chi connectivity index (χ0) is 21.7. The number of halogens is 1. The molecule has 0 saturated carbocycles. The van der Waals surface area contributed by atoms with Crippen LogP contribution in [0.4, 0.5) is 4.39 Å². The summed E-state index contributed by atoms with van der Waals surface area (Å²) in [7, 11) is 1.55. The summed E-state index contributed by atoms with van der Waals surface area (Å²) in [6, 6.07) is 24.2. The van der Waals surface area contributed by atoms with Crippen LogP contribution in [0.5, 0.6) is 5.75 Å². The van der Waals surface area contributed by atoms with E-state index in [9.17, 15) is 9.50 Å². The Labute approximate surface area is 182 Å². The highest BCUT2D eigenvalue weighted by Gasteiger charge is 2.42. The minimum atomic E-state index is -1.34. The van der Waals surface area contributed by atoms with Gasteiger partial charge in [0.25, 0.3) is 0 Å².